The standard InChI is InChI=1S/C19H18Cl2FNO/c20-15-3-1-4-16(21)17(15)14-9-12(22)7-11-8-13(24-18(11)14)10-19(23)5-2-6-19/h1,3-4,7,9,13H,2,5-6,8,10,23H2. The topological polar surface area (TPSA) is 35.2 Å². The summed E-state index contributed by atoms with van der Waals surface area (Å²) in [6, 6.07) is 8.24. The highest BCUT2D eigenvalue weighted by atomic mass is 35.5. The molecule has 4 rings (SSSR count). The highest BCUT2D eigenvalue weighted by Gasteiger charge is 2.38. The normalized spacial score (nSPS) is 21.1. The van der Waals surface area contributed by atoms with Crippen LogP contribution in [-0.2, 0) is 6.42 Å². The summed E-state index contributed by atoms with van der Waals surface area (Å²) in [5, 5.41) is 0.966. The second kappa shape index (κ2) is 5.91. The van der Waals surface area contributed by atoms with Crippen molar-refractivity contribution < 1.29 is 9.13 Å². The average molecular weight is 366 g/mol. The van der Waals surface area contributed by atoms with Gasteiger partial charge in [0.15, 0.2) is 0 Å². The fourth-order valence-corrected chi connectivity index (χ4v) is 4.34. The van der Waals surface area contributed by atoms with E-state index >= 15 is 0 Å². The molecule has 24 heavy (non-hydrogen) atoms. The molecule has 0 saturated heterocycles. The number of ether oxygens (including phenoxy) is 1. The van der Waals surface area contributed by atoms with Crippen molar-refractivity contribution in [2.24, 2.45) is 5.73 Å². The molecule has 1 unspecified atom stereocenters. The molecule has 0 spiro atoms. The van der Waals surface area contributed by atoms with E-state index in [1.807, 2.05) is 0 Å². The molecule has 1 atom stereocenters. The Balaban J connectivity index is 1.72. The van der Waals surface area contributed by atoms with Crippen LogP contribution < -0.4 is 10.5 Å². The van der Waals surface area contributed by atoms with Gasteiger partial charge in [0.25, 0.3) is 0 Å². The Morgan fingerprint density at radius 2 is 1.92 bits per heavy atom. The van der Waals surface area contributed by atoms with Crippen molar-refractivity contribution >= 4 is 23.2 Å². The zero-order valence-electron chi connectivity index (χ0n) is 13.1. The predicted octanol–water partition coefficient (Wildman–Crippen LogP) is 5.37. The van der Waals surface area contributed by atoms with Gasteiger partial charge in [0, 0.05) is 35.1 Å². The van der Waals surface area contributed by atoms with E-state index in [-0.39, 0.29) is 17.5 Å². The summed E-state index contributed by atoms with van der Waals surface area (Å²) >= 11 is 12.6. The molecule has 5 heteroatoms. The van der Waals surface area contributed by atoms with Crippen LogP contribution >= 0.6 is 23.2 Å². The van der Waals surface area contributed by atoms with Crippen LogP contribution in [0.4, 0.5) is 4.39 Å². The molecule has 0 aromatic heterocycles. The molecule has 1 fully saturated rings. The zero-order valence-corrected chi connectivity index (χ0v) is 14.6. The molecule has 1 aliphatic heterocycles. The third-order valence-electron chi connectivity index (χ3n) is 5.08. The first-order valence-electron chi connectivity index (χ1n) is 8.17. The van der Waals surface area contributed by atoms with Crippen LogP contribution in [0.1, 0.15) is 31.2 Å². The fourth-order valence-electron chi connectivity index (χ4n) is 3.74. The lowest BCUT2D eigenvalue weighted by Crippen LogP contribution is -2.49. The van der Waals surface area contributed by atoms with Crippen molar-refractivity contribution in [3.8, 4) is 16.9 Å². The van der Waals surface area contributed by atoms with Gasteiger partial charge in [0.1, 0.15) is 17.7 Å². The monoisotopic (exact) mass is 365 g/mol. The highest BCUT2D eigenvalue weighted by Crippen LogP contribution is 2.46. The second-order valence-electron chi connectivity index (χ2n) is 6.90. The highest BCUT2D eigenvalue weighted by molar-refractivity contribution is 6.39. The van der Waals surface area contributed by atoms with Gasteiger partial charge >= 0.3 is 0 Å². The minimum atomic E-state index is -0.310. The predicted molar refractivity (Wildman–Crippen MR) is 95.4 cm³/mol. The molecule has 2 aromatic rings. The van der Waals surface area contributed by atoms with Crippen molar-refractivity contribution in [3.05, 3.63) is 51.8 Å². The summed E-state index contributed by atoms with van der Waals surface area (Å²) < 4.78 is 20.3. The molecule has 2 N–H and O–H groups in total. The summed E-state index contributed by atoms with van der Waals surface area (Å²) in [5.41, 5.74) is 8.30. The number of halogens is 3. The summed E-state index contributed by atoms with van der Waals surface area (Å²) in [5.74, 6) is 0.370. The smallest absolute Gasteiger partial charge is 0.131 e. The Morgan fingerprint density at radius 3 is 2.54 bits per heavy atom. The lowest BCUT2D eigenvalue weighted by Gasteiger charge is -2.39. The number of fused-ring (bicyclic) bond motifs is 1. The maximum Gasteiger partial charge on any atom is 0.131 e. The quantitative estimate of drug-likeness (QED) is 0.792. The van der Waals surface area contributed by atoms with Crippen molar-refractivity contribution in [3.63, 3.8) is 0 Å². The number of benzene rings is 2. The number of nitrogens with two attached hydrogens (primary N) is 1. The van der Waals surface area contributed by atoms with E-state index in [0.717, 1.165) is 24.8 Å². The van der Waals surface area contributed by atoms with Gasteiger partial charge in [0.05, 0.1) is 10.0 Å². The van der Waals surface area contributed by atoms with Crippen LogP contribution in [0.3, 0.4) is 0 Å². The van der Waals surface area contributed by atoms with E-state index in [9.17, 15) is 4.39 Å². The van der Waals surface area contributed by atoms with Gasteiger partial charge in [-0.05, 0) is 43.5 Å². The summed E-state index contributed by atoms with van der Waals surface area (Å²) in [6.07, 6.45) is 4.67. The first-order chi connectivity index (χ1) is 11.5. The molecule has 0 amide bonds. The van der Waals surface area contributed by atoms with E-state index in [0.29, 0.717) is 33.3 Å². The molecular weight excluding hydrogens is 348 g/mol. The largest absolute Gasteiger partial charge is 0.489 e. The van der Waals surface area contributed by atoms with Crippen molar-refractivity contribution in [1.82, 2.24) is 0 Å². The van der Waals surface area contributed by atoms with Gasteiger partial charge in [-0.15, -0.1) is 0 Å². The SMILES string of the molecule is NC1(CC2Cc3cc(F)cc(-c4c(Cl)cccc4Cl)c3O2)CCC1. The van der Waals surface area contributed by atoms with Crippen LogP contribution in [-0.4, -0.2) is 11.6 Å². The van der Waals surface area contributed by atoms with E-state index in [2.05, 4.69) is 0 Å². The number of hydrogen-bond donors (Lipinski definition) is 1. The maximum absolute atomic E-state index is 14.1. The molecule has 0 bridgehead atoms. The molecule has 1 heterocycles. The van der Waals surface area contributed by atoms with Gasteiger partial charge in [-0.2, -0.15) is 0 Å². The van der Waals surface area contributed by atoms with Crippen molar-refractivity contribution in [2.45, 2.75) is 43.7 Å². The Morgan fingerprint density at radius 1 is 1.21 bits per heavy atom. The van der Waals surface area contributed by atoms with E-state index in [4.69, 9.17) is 33.7 Å². The van der Waals surface area contributed by atoms with Crippen LogP contribution in [0.5, 0.6) is 5.75 Å². The lowest BCUT2D eigenvalue weighted by molar-refractivity contribution is 0.133. The summed E-state index contributed by atoms with van der Waals surface area (Å²) in [4.78, 5) is 0. The van der Waals surface area contributed by atoms with Crippen LogP contribution in [0.15, 0.2) is 30.3 Å². The third-order valence-corrected chi connectivity index (χ3v) is 5.71. The van der Waals surface area contributed by atoms with E-state index in [1.165, 1.54) is 18.6 Å². The molecule has 126 valence electrons. The van der Waals surface area contributed by atoms with Gasteiger partial charge in [0.2, 0.25) is 0 Å². The van der Waals surface area contributed by atoms with Crippen molar-refractivity contribution in [2.75, 3.05) is 0 Å². The Labute approximate surface area is 150 Å². The van der Waals surface area contributed by atoms with Gasteiger partial charge in [-0.1, -0.05) is 29.3 Å². The van der Waals surface area contributed by atoms with Crippen molar-refractivity contribution in [1.29, 1.82) is 0 Å². The molecule has 0 radical (unpaired) electrons. The Hall–Kier alpha value is -1.29. The van der Waals surface area contributed by atoms with Gasteiger partial charge < -0.3 is 10.5 Å². The molecule has 2 nitrogen and oxygen atoms in total. The molecular formula is C19H18Cl2FNO. The minimum absolute atomic E-state index is 0.0212. The van der Waals surface area contributed by atoms with Crippen LogP contribution in [0, 0.1) is 5.82 Å². The van der Waals surface area contributed by atoms with Crippen LogP contribution in [0.2, 0.25) is 10.0 Å². The summed E-state index contributed by atoms with van der Waals surface area (Å²) in [6.45, 7) is 0. The van der Waals surface area contributed by atoms with Crippen LogP contribution in [0.25, 0.3) is 11.1 Å². The van der Waals surface area contributed by atoms with E-state index < -0.39 is 0 Å². The molecule has 1 aliphatic carbocycles. The average Bonchev–Trinajstić information content (AvgIpc) is 2.87. The first-order valence-corrected chi connectivity index (χ1v) is 8.93. The fraction of sp³-hybridized carbons (Fsp3) is 0.368. The molecule has 2 aromatic carbocycles. The first kappa shape index (κ1) is 16.2. The van der Waals surface area contributed by atoms with E-state index in [1.54, 1.807) is 18.2 Å². The second-order valence-corrected chi connectivity index (χ2v) is 7.72. The third kappa shape index (κ3) is 2.79. The van der Waals surface area contributed by atoms with Gasteiger partial charge in [-0.25, -0.2) is 4.39 Å². The zero-order chi connectivity index (χ0) is 16.9. The number of hydrogen-bond acceptors (Lipinski definition) is 2. The maximum atomic E-state index is 14.1. The lowest BCUT2D eigenvalue weighted by atomic mass is 9.74. The Bertz CT molecular complexity index is 784. The molecule has 1 saturated carbocycles. The van der Waals surface area contributed by atoms with Gasteiger partial charge in [-0.3, -0.25) is 0 Å². The Kier molecular flexibility index (Phi) is 3.98. The molecule has 2 aliphatic rings. The summed E-state index contributed by atoms with van der Waals surface area (Å²) in [7, 11) is 0. The minimum Gasteiger partial charge on any atom is -0.489 e. The number of rotatable bonds is 3.